The molecule has 90 valence electrons. The number of phenolic OH excluding ortho intramolecular Hbond substituents is 1. The minimum atomic E-state index is 0.390. The van der Waals surface area contributed by atoms with Crippen LogP contribution in [0.3, 0.4) is 0 Å². The van der Waals surface area contributed by atoms with E-state index in [0.717, 1.165) is 42.9 Å². The second-order valence-corrected chi connectivity index (χ2v) is 5.43. The Hall–Kier alpha value is -1.10. The van der Waals surface area contributed by atoms with E-state index in [4.69, 9.17) is 4.74 Å². The van der Waals surface area contributed by atoms with Crippen molar-refractivity contribution < 1.29 is 9.84 Å². The Kier molecular flexibility index (Phi) is 3.01. The Morgan fingerprint density at radius 3 is 2.88 bits per heavy atom. The summed E-state index contributed by atoms with van der Waals surface area (Å²) in [7, 11) is 0. The van der Waals surface area contributed by atoms with E-state index in [1.165, 1.54) is 4.88 Å². The lowest BCUT2D eigenvalue weighted by molar-refractivity contribution is 0.0346. The van der Waals surface area contributed by atoms with Crippen molar-refractivity contribution >= 4 is 21.4 Å². The Labute approximate surface area is 104 Å². The highest BCUT2D eigenvalue weighted by Crippen LogP contribution is 2.33. The van der Waals surface area contributed by atoms with Crippen LogP contribution in [0.2, 0.25) is 0 Å². The molecule has 1 aliphatic rings. The first-order valence-electron chi connectivity index (χ1n) is 5.83. The average molecular weight is 249 g/mol. The van der Waals surface area contributed by atoms with Gasteiger partial charge >= 0.3 is 0 Å². The zero-order valence-corrected chi connectivity index (χ0v) is 10.4. The van der Waals surface area contributed by atoms with Crippen LogP contribution in [0.25, 0.3) is 10.1 Å². The maximum Gasteiger partial charge on any atom is 0.133 e. The lowest BCUT2D eigenvalue weighted by Gasteiger charge is -2.25. The first kappa shape index (κ1) is 11.0. The van der Waals surface area contributed by atoms with Gasteiger partial charge in [0, 0.05) is 24.5 Å². The Morgan fingerprint density at radius 1 is 1.29 bits per heavy atom. The summed E-state index contributed by atoms with van der Waals surface area (Å²) in [5.74, 6) is 0.390. The van der Waals surface area contributed by atoms with Crippen LogP contribution >= 0.6 is 11.3 Å². The molecule has 3 nitrogen and oxygen atoms in total. The highest BCUT2D eigenvalue weighted by Gasteiger charge is 2.13. The molecule has 0 atom stereocenters. The third-order valence-corrected chi connectivity index (χ3v) is 4.22. The maximum atomic E-state index is 9.77. The van der Waals surface area contributed by atoms with Crippen molar-refractivity contribution in [3.05, 3.63) is 29.1 Å². The van der Waals surface area contributed by atoms with Crippen molar-refractivity contribution in [2.45, 2.75) is 6.54 Å². The van der Waals surface area contributed by atoms with Crippen molar-refractivity contribution in [3.63, 3.8) is 0 Å². The number of hydrogen-bond donors (Lipinski definition) is 1. The van der Waals surface area contributed by atoms with Gasteiger partial charge in [0.1, 0.15) is 5.75 Å². The summed E-state index contributed by atoms with van der Waals surface area (Å²) in [6, 6.07) is 7.86. The Morgan fingerprint density at radius 2 is 2.12 bits per heavy atom. The van der Waals surface area contributed by atoms with Gasteiger partial charge in [-0.15, -0.1) is 11.3 Å². The van der Waals surface area contributed by atoms with Gasteiger partial charge < -0.3 is 9.84 Å². The zero-order valence-electron chi connectivity index (χ0n) is 9.56. The van der Waals surface area contributed by atoms with Gasteiger partial charge in [0.2, 0.25) is 0 Å². The summed E-state index contributed by atoms with van der Waals surface area (Å²) in [5.41, 5.74) is 0. The number of ether oxygens (including phenoxy) is 1. The fourth-order valence-corrected chi connectivity index (χ4v) is 3.27. The van der Waals surface area contributed by atoms with Gasteiger partial charge in [0.15, 0.2) is 0 Å². The maximum absolute atomic E-state index is 9.77. The van der Waals surface area contributed by atoms with Crippen LogP contribution < -0.4 is 0 Å². The van der Waals surface area contributed by atoms with Crippen LogP contribution in [-0.2, 0) is 11.3 Å². The van der Waals surface area contributed by atoms with Gasteiger partial charge in [-0.05, 0) is 17.5 Å². The first-order chi connectivity index (χ1) is 8.33. The number of nitrogens with zero attached hydrogens (tertiary/aromatic N) is 1. The predicted molar refractivity (Wildman–Crippen MR) is 69.6 cm³/mol. The van der Waals surface area contributed by atoms with Crippen LogP contribution in [0, 0.1) is 0 Å². The van der Waals surface area contributed by atoms with Gasteiger partial charge in [0.05, 0.1) is 17.9 Å². The highest BCUT2D eigenvalue weighted by atomic mass is 32.1. The standard InChI is InChI=1S/C13H15NO2S/c15-12-3-1-2-10-8-11(17-13(10)12)9-14-4-6-16-7-5-14/h1-3,8,15H,4-7,9H2. The average Bonchev–Trinajstić information content (AvgIpc) is 2.74. The molecule has 0 bridgehead atoms. The zero-order chi connectivity index (χ0) is 11.7. The summed E-state index contributed by atoms with van der Waals surface area (Å²) in [4.78, 5) is 3.70. The van der Waals surface area contributed by atoms with Gasteiger partial charge in [-0.2, -0.15) is 0 Å². The van der Waals surface area contributed by atoms with Gasteiger partial charge in [-0.1, -0.05) is 12.1 Å². The lowest BCUT2D eigenvalue weighted by atomic mass is 10.2. The highest BCUT2D eigenvalue weighted by molar-refractivity contribution is 7.19. The van der Waals surface area contributed by atoms with Crippen molar-refractivity contribution in [1.82, 2.24) is 4.90 Å². The van der Waals surface area contributed by atoms with Crippen molar-refractivity contribution in [3.8, 4) is 5.75 Å². The monoisotopic (exact) mass is 249 g/mol. The summed E-state index contributed by atoms with van der Waals surface area (Å²) in [6.07, 6.45) is 0. The molecule has 17 heavy (non-hydrogen) atoms. The van der Waals surface area contributed by atoms with Gasteiger partial charge in [-0.25, -0.2) is 0 Å². The number of aromatic hydroxyl groups is 1. The summed E-state index contributed by atoms with van der Waals surface area (Å²) >= 11 is 1.69. The molecule has 1 N–H and O–H groups in total. The molecular formula is C13H15NO2S. The van der Waals surface area contributed by atoms with E-state index in [9.17, 15) is 5.11 Å². The molecular weight excluding hydrogens is 234 g/mol. The Bertz CT molecular complexity index is 517. The number of benzene rings is 1. The molecule has 1 saturated heterocycles. The third kappa shape index (κ3) is 2.29. The SMILES string of the molecule is Oc1cccc2cc(CN3CCOCC3)sc12. The van der Waals surface area contributed by atoms with Gasteiger partial charge in [-0.3, -0.25) is 4.90 Å². The molecule has 1 aromatic heterocycles. The van der Waals surface area contributed by atoms with E-state index in [0.29, 0.717) is 5.75 Å². The summed E-state index contributed by atoms with van der Waals surface area (Å²) in [6.45, 7) is 4.62. The molecule has 1 fully saturated rings. The van der Waals surface area contributed by atoms with Gasteiger partial charge in [0.25, 0.3) is 0 Å². The minimum Gasteiger partial charge on any atom is -0.506 e. The number of hydrogen-bond acceptors (Lipinski definition) is 4. The number of rotatable bonds is 2. The molecule has 0 aliphatic carbocycles. The normalized spacial score (nSPS) is 17.6. The molecule has 0 unspecified atom stereocenters. The van der Waals surface area contributed by atoms with Crippen LogP contribution in [0.15, 0.2) is 24.3 Å². The van der Waals surface area contributed by atoms with E-state index < -0.39 is 0 Å². The second-order valence-electron chi connectivity index (χ2n) is 4.30. The number of morpholine rings is 1. The second kappa shape index (κ2) is 4.64. The molecule has 2 heterocycles. The van der Waals surface area contributed by atoms with E-state index >= 15 is 0 Å². The van der Waals surface area contributed by atoms with E-state index in [-0.39, 0.29) is 0 Å². The molecule has 1 aromatic carbocycles. The summed E-state index contributed by atoms with van der Waals surface area (Å²) < 4.78 is 6.33. The molecule has 4 heteroatoms. The van der Waals surface area contributed by atoms with Crippen LogP contribution in [-0.4, -0.2) is 36.3 Å². The predicted octanol–water partition coefficient (Wildman–Crippen LogP) is 2.44. The number of phenols is 1. The molecule has 0 saturated carbocycles. The van der Waals surface area contributed by atoms with Crippen LogP contribution in [0.4, 0.5) is 0 Å². The van der Waals surface area contributed by atoms with Crippen LogP contribution in [0.1, 0.15) is 4.88 Å². The van der Waals surface area contributed by atoms with E-state index in [1.807, 2.05) is 12.1 Å². The quantitative estimate of drug-likeness (QED) is 0.887. The van der Waals surface area contributed by atoms with E-state index in [1.54, 1.807) is 17.4 Å². The molecule has 1 aliphatic heterocycles. The fraction of sp³-hybridized carbons (Fsp3) is 0.385. The van der Waals surface area contributed by atoms with E-state index in [2.05, 4.69) is 11.0 Å². The van der Waals surface area contributed by atoms with Crippen LogP contribution in [0.5, 0.6) is 5.75 Å². The summed E-state index contributed by atoms with van der Waals surface area (Å²) in [5, 5.41) is 10.9. The largest absolute Gasteiger partial charge is 0.506 e. The van der Waals surface area contributed by atoms with Crippen molar-refractivity contribution in [1.29, 1.82) is 0 Å². The topological polar surface area (TPSA) is 32.7 Å². The van der Waals surface area contributed by atoms with Crippen molar-refractivity contribution in [2.24, 2.45) is 0 Å². The molecule has 2 aromatic rings. The molecule has 3 rings (SSSR count). The third-order valence-electron chi connectivity index (χ3n) is 3.06. The molecule has 0 amide bonds. The lowest BCUT2D eigenvalue weighted by Crippen LogP contribution is -2.35. The molecule has 0 spiro atoms. The number of thiophene rings is 1. The minimum absolute atomic E-state index is 0.390. The fourth-order valence-electron chi connectivity index (χ4n) is 2.16. The first-order valence-corrected chi connectivity index (χ1v) is 6.65. The molecule has 0 radical (unpaired) electrons. The smallest absolute Gasteiger partial charge is 0.133 e. The Balaban J connectivity index is 1.83. The van der Waals surface area contributed by atoms with Crippen molar-refractivity contribution in [2.75, 3.05) is 26.3 Å². The number of fused-ring (bicyclic) bond motifs is 1.